The molecule has 0 radical (unpaired) electrons. The van der Waals surface area contributed by atoms with Crippen molar-refractivity contribution in [2.45, 2.75) is 13.8 Å². The Kier molecular flexibility index (Phi) is 6.07. The van der Waals surface area contributed by atoms with Crippen LogP contribution in [0.3, 0.4) is 0 Å². The van der Waals surface area contributed by atoms with E-state index in [2.05, 4.69) is 10.6 Å². The second-order valence-electron chi connectivity index (χ2n) is 6.28. The van der Waals surface area contributed by atoms with E-state index < -0.39 is 0 Å². The van der Waals surface area contributed by atoms with Crippen LogP contribution >= 0.6 is 0 Å². The minimum absolute atomic E-state index is 0.270. The monoisotopic (exact) mass is 374 g/mol. The molecule has 0 spiro atoms. The molecule has 0 atom stereocenters. The van der Waals surface area contributed by atoms with Gasteiger partial charge in [0.25, 0.3) is 11.8 Å². The van der Waals surface area contributed by atoms with Crippen LogP contribution < -0.4 is 15.4 Å². The van der Waals surface area contributed by atoms with Crippen LogP contribution in [0.15, 0.2) is 72.8 Å². The van der Waals surface area contributed by atoms with Gasteiger partial charge in [-0.15, -0.1) is 0 Å². The number of rotatable bonds is 6. The van der Waals surface area contributed by atoms with E-state index in [0.717, 1.165) is 5.56 Å². The van der Waals surface area contributed by atoms with E-state index in [1.807, 2.05) is 50.2 Å². The van der Waals surface area contributed by atoms with Crippen molar-refractivity contribution in [1.82, 2.24) is 0 Å². The van der Waals surface area contributed by atoms with Gasteiger partial charge in [-0.05, 0) is 56.3 Å². The molecule has 0 aliphatic carbocycles. The Balaban J connectivity index is 1.74. The zero-order valence-electron chi connectivity index (χ0n) is 15.9. The largest absolute Gasteiger partial charge is 0.492 e. The molecule has 28 heavy (non-hydrogen) atoms. The van der Waals surface area contributed by atoms with Crippen LogP contribution in [-0.4, -0.2) is 18.4 Å². The lowest BCUT2D eigenvalue weighted by molar-refractivity contribution is 0.102. The first-order chi connectivity index (χ1) is 13.6. The maximum atomic E-state index is 12.6. The van der Waals surface area contributed by atoms with Crippen molar-refractivity contribution in [3.63, 3.8) is 0 Å². The van der Waals surface area contributed by atoms with Gasteiger partial charge in [-0.25, -0.2) is 0 Å². The summed E-state index contributed by atoms with van der Waals surface area (Å²) in [7, 11) is 0. The molecule has 0 fully saturated rings. The average Bonchev–Trinajstić information content (AvgIpc) is 2.71. The second kappa shape index (κ2) is 8.86. The minimum atomic E-state index is -0.308. The maximum Gasteiger partial charge on any atom is 0.255 e. The van der Waals surface area contributed by atoms with Crippen LogP contribution in [0.2, 0.25) is 0 Å². The second-order valence-corrected chi connectivity index (χ2v) is 6.28. The third kappa shape index (κ3) is 4.76. The van der Waals surface area contributed by atoms with Gasteiger partial charge in [0.05, 0.1) is 12.3 Å². The summed E-state index contributed by atoms with van der Waals surface area (Å²) in [6, 6.07) is 21.4. The topological polar surface area (TPSA) is 67.4 Å². The van der Waals surface area contributed by atoms with Crippen molar-refractivity contribution in [2.75, 3.05) is 17.2 Å². The number of hydrogen-bond donors (Lipinski definition) is 2. The number of benzene rings is 3. The zero-order chi connectivity index (χ0) is 19.9. The van der Waals surface area contributed by atoms with Gasteiger partial charge in [0.1, 0.15) is 5.75 Å². The standard InChI is InChI=1S/C23H22N2O3/c1-3-28-21-10-5-4-9-20(21)25-23(27)18-8-6-7-17(15-18)22(26)24-19-13-11-16(2)12-14-19/h4-15H,3H2,1-2H3,(H,24,26)(H,25,27). The van der Waals surface area contributed by atoms with Gasteiger partial charge in [-0.1, -0.05) is 35.9 Å². The molecule has 3 aromatic rings. The van der Waals surface area contributed by atoms with Gasteiger partial charge in [-0.2, -0.15) is 0 Å². The van der Waals surface area contributed by atoms with Crippen LogP contribution in [0.5, 0.6) is 5.75 Å². The normalized spacial score (nSPS) is 10.2. The van der Waals surface area contributed by atoms with Crippen LogP contribution in [-0.2, 0) is 0 Å². The highest BCUT2D eigenvalue weighted by Crippen LogP contribution is 2.24. The number of carbonyl (C=O) groups is 2. The first-order valence-corrected chi connectivity index (χ1v) is 9.08. The predicted octanol–water partition coefficient (Wildman–Crippen LogP) is 4.90. The molecule has 0 saturated carbocycles. The number of anilines is 2. The van der Waals surface area contributed by atoms with Crippen molar-refractivity contribution < 1.29 is 14.3 Å². The molecule has 142 valence electrons. The third-order valence-corrected chi connectivity index (χ3v) is 4.13. The van der Waals surface area contributed by atoms with E-state index in [9.17, 15) is 9.59 Å². The lowest BCUT2D eigenvalue weighted by Crippen LogP contribution is -2.16. The molecule has 2 amide bonds. The Labute approximate surface area is 164 Å². The number of ether oxygens (including phenoxy) is 1. The summed E-state index contributed by atoms with van der Waals surface area (Å²) in [6.07, 6.45) is 0. The number of para-hydroxylation sites is 2. The molecule has 0 aliphatic heterocycles. The van der Waals surface area contributed by atoms with Crippen molar-refractivity contribution in [2.24, 2.45) is 0 Å². The fraction of sp³-hybridized carbons (Fsp3) is 0.130. The van der Waals surface area contributed by atoms with Crippen molar-refractivity contribution in [1.29, 1.82) is 0 Å². The molecule has 0 aromatic heterocycles. The molecule has 2 N–H and O–H groups in total. The molecular formula is C23H22N2O3. The lowest BCUT2D eigenvalue weighted by Gasteiger charge is -2.12. The number of nitrogens with one attached hydrogen (secondary N) is 2. The summed E-state index contributed by atoms with van der Waals surface area (Å²) in [5.74, 6) is 0.0250. The van der Waals surface area contributed by atoms with E-state index in [4.69, 9.17) is 4.74 Å². The zero-order valence-corrected chi connectivity index (χ0v) is 15.9. The van der Waals surface area contributed by atoms with Crippen molar-refractivity contribution in [3.8, 4) is 5.75 Å². The Morgan fingerprint density at radius 1 is 0.821 bits per heavy atom. The van der Waals surface area contributed by atoms with Gasteiger partial charge in [0.2, 0.25) is 0 Å². The van der Waals surface area contributed by atoms with Gasteiger partial charge < -0.3 is 15.4 Å². The number of aryl methyl sites for hydroxylation is 1. The highest BCUT2D eigenvalue weighted by molar-refractivity contribution is 6.09. The minimum Gasteiger partial charge on any atom is -0.492 e. The van der Waals surface area contributed by atoms with E-state index in [-0.39, 0.29) is 11.8 Å². The summed E-state index contributed by atoms with van der Waals surface area (Å²) in [5.41, 5.74) is 3.21. The van der Waals surface area contributed by atoms with Crippen LogP contribution in [0.1, 0.15) is 33.2 Å². The maximum absolute atomic E-state index is 12.6. The lowest BCUT2D eigenvalue weighted by atomic mass is 10.1. The number of hydrogen-bond acceptors (Lipinski definition) is 3. The average molecular weight is 374 g/mol. The highest BCUT2D eigenvalue weighted by atomic mass is 16.5. The van der Waals surface area contributed by atoms with Crippen LogP contribution in [0.4, 0.5) is 11.4 Å². The Hall–Kier alpha value is -3.60. The van der Waals surface area contributed by atoms with Crippen molar-refractivity contribution >= 4 is 23.2 Å². The fourth-order valence-electron chi connectivity index (χ4n) is 2.69. The summed E-state index contributed by atoms with van der Waals surface area (Å²) in [4.78, 5) is 25.2. The number of amides is 2. The molecule has 5 nitrogen and oxygen atoms in total. The summed E-state index contributed by atoms with van der Waals surface area (Å²) in [6.45, 7) is 4.37. The molecule has 0 aliphatic rings. The van der Waals surface area contributed by atoms with E-state index >= 15 is 0 Å². The Bertz CT molecular complexity index is 981. The molecule has 0 bridgehead atoms. The first kappa shape index (κ1) is 19.2. The molecule has 0 unspecified atom stereocenters. The smallest absolute Gasteiger partial charge is 0.255 e. The van der Waals surface area contributed by atoms with E-state index in [1.165, 1.54) is 0 Å². The van der Waals surface area contributed by atoms with Crippen LogP contribution in [0, 0.1) is 6.92 Å². The molecular weight excluding hydrogens is 352 g/mol. The highest BCUT2D eigenvalue weighted by Gasteiger charge is 2.13. The van der Waals surface area contributed by atoms with Gasteiger partial charge in [-0.3, -0.25) is 9.59 Å². The van der Waals surface area contributed by atoms with Crippen LogP contribution in [0.25, 0.3) is 0 Å². The third-order valence-electron chi connectivity index (χ3n) is 4.13. The van der Waals surface area contributed by atoms with E-state index in [0.29, 0.717) is 34.9 Å². The molecule has 5 heteroatoms. The molecule has 3 aromatic carbocycles. The van der Waals surface area contributed by atoms with E-state index in [1.54, 1.807) is 36.4 Å². The summed E-state index contributed by atoms with van der Waals surface area (Å²) in [5, 5.41) is 5.67. The predicted molar refractivity (Wildman–Crippen MR) is 111 cm³/mol. The molecule has 3 rings (SSSR count). The van der Waals surface area contributed by atoms with Gasteiger partial charge in [0, 0.05) is 16.8 Å². The summed E-state index contributed by atoms with van der Waals surface area (Å²) < 4.78 is 5.53. The Morgan fingerprint density at radius 2 is 1.46 bits per heavy atom. The fourth-order valence-corrected chi connectivity index (χ4v) is 2.69. The first-order valence-electron chi connectivity index (χ1n) is 9.08. The van der Waals surface area contributed by atoms with Gasteiger partial charge in [0.15, 0.2) is 0 Å². The SMILES string of the molecule is CCOc1ccccc1NC(=O)c1cccc(C(=O)Nc2ccc(C)cc2)c1. The Morgan fingerprint density at radius 3 is 2.14 bits per heavy atom. The number of carbonyl (C=O) groups excluding carboxylic acids is 2. The quantitative estimate of drug-likeness (QED) is 0.645. The summed E-state index contributed by atoms with van der Waals surface area (Å²) >= 11 is 0. The molecule has 0 saturated heterocycles. The van der Waals surface area contributed by atoms with Crippen molar-refractivity contribution in [3.05, 3.63) is 89.5 Å². The molecule has 0 heterocycles. The van der Waals surface area contributed by atoms with Gasteiger partial charge >= 0.3 is 0 Å².